The summed E-state index contributed by atoms with van der Waals surface area (Å²) in [6.45, 7) is 8.31. The van der Waals surface area contributed by atoms with E-state index in [4.69, 9.17) is 5.73 Å². The van der Waals surface area contributed by atoms with Gasteiger partial charge in [-0.15, -0.1) is 11.3 Å². The van der Waals surface area contributed by atoms with E-state index < -0.39 is 0 Å². The lowest BCUT2D eigenvalue weighted by Gasteiger charge is -2.26. The van der Waals surface area contributed by atoms with Gasteiger partial charge in [0.25, 0.3) is 0 Å². The number of rotatable bonds is 6. The number of hydrogen-bond donors (Lipinski definition) is 2. The Bertz CT molecular complexity index is 290. The van der Waals surface area contributed by atoms with Crippen molar-refractivity contribution in [2.75, 3.05) is 6.54 Å². The molecule has 0 spiro atoms. The molecule has 0 fully saturated rings. The Morgan fingerprint density at radius 1 is 1.40 bits per heavy atom. The Kier molecular flexibility index (Phi) is 4.77. The van der Waals surface area contributed by atoms with E-state index in [9.17, 15) is 0 Å². The van der Waals surface area contributed by atoms with E-state index in [2.05, 4.69) is 37.5 Å². The van der Waals surface area contributed by atoms with Crippen LogP contribution in [-0.4, -0.2) is 12.1 Å². The second kappa shape index (κ2) is 5.64. The molecule has 0 aliphatic carbocycles. The molecular formula is C12H22N2S. The molecule has 0 aliphatic heterocycles. The summed E-state index contributed by atoms with van der Waals surface area (Å²) in [7, 11) is 0. The van der Waals surface area contributed by atoms with Crippen LogP contribution in [0.3, 0.4) is 0 Å². The topological polar surface area (TPSA) is 38.0 Å². The fourth-order valence-electron chi connectivity index (χ4n) is 1.51. The third kappa shape index (κ3) is 3.59. The maximum Gasteiger partial charge on any atom is 0.0303 e. The van der Waals surface area contributed by atoms with E-state index in [0.29, 0.717) is 0 Å². The highest BCUT2D eigenvalue weighted by atomic mass is 32.1. The molecule has 0 aliphatic rings. The first-order valence-electron chi connectivity index (χ1n) is 5.64. The van der Waals surface area contributed by atoms with Gasteiger partial charge in [-0.3, -0.25) is 0 Å². The monoisotopic (exact) mass is 226 g/mol. The summed E-state index contributed by atoms with van der Waals surface area (Å²) in [5.74, 6) is 0. The summed E-state index contributed by atoms with van der Waals surface area (Å²) in [5, 5.41) is 5.60. The van der Waals surface area contributed by atoms with E-state index in [-0.39, 0.29) is 5.54 Å². The number of thiophene rings is 1. The van der Waals surface area contributed by atoms with Gasteiger partial charge in [0.2, 0.25) is 0 Å². The average molecular weight is 226 g/mol. The van der Waals surface area contributed by atoms with Crippen molar-refractivity contribution in [2.24, 2.45) is 5.73 Å². The van der Waals surface area contributed by atoms with Gasteiger partial charge >= 0.3 is 0 Å². The molecule has 3 heteroatoms. The van der Waals surface area contributed by atoms with Gasteiger partial charge in [-0.2, -0.15) is 0 Å². The minimum Gasteiger partial charge on any atom is -0.324 e. The van der Waals surface area contributed by atoms with Crippen molar-refractivity contribution in [3.8, 4) is 0 Å². The van der Waals surface area contributed by atoms with Crippen molar-refractivity contribution in [1.82, 2.24) is 5.32 Å². The second-order valence-corrected chi connectivity index (χ2v) is 5.20. The van der Waals surface area contributed by atoms with Gasteiger partial charge in [0.1, 0.15) is 0 Å². The molecule has 0 atom stereocenters. The summed E-state index contributed by atoms with van der Waals surface area (Å²) in [6, 6.07) is 2.16. The molecule has 0 unspecified atom stereocenters. The Morgan fingerprint density at radius 2 is 2.07 bits per heavy atom. The van der Waals surface area contributed by atoms with Gasteiger partial charge in [0, 0.05) is 23.5 Å². The number of aryl methyl sites for hydroxylation is 1. The molecule has 15 heavy (non-hydrogen) atoms. The first-order chi connectivity index (χ1) is 7.11. The smallest absolute Gasteiger partial charge is 0.0303 e. The van der Waals surface area contributed by atoms with Crippen LogP contribution >= 0.6 is 11.3 Å². The Hall–Kier alpha value is -0.380. The van der Waals surface area contributed by atoms with Crippen molar-refractivity contribution in [1.29, 1.82) is 0 Å². The standard InChI is InChI=1S/C12H22N2S/c1-4-12(13,5-2)9-14-8-11-10(3)6-7-15-11/h6-7,14H,4-5,8-9,13H2,1-3H3. The molecule has 2 nitrogen and oxygen atoms in total. The van der Waals surface area contributed by atoms with Crippen LogP contribution in [0.15, 0.2) is 11.4 Å². The predicted molar refractivity (Wildman–Crippen MR) is 68.3 cm³/mol. The van der Waals surface area contributed by atoms with Crippen LogP contribution in [-0.2, 0) is 6.54 Å². The molecule has 0 aromatic carbocycles. The fourth-order valence-corrected chi connectivity index (χ4v) is 2.39. The van der Waals surface area contributed by atoms with Crippen molar-refractivity contribution >= 4 is 11.3 Å². The molecule has 1 aromatic rings. The highest BCUT2D eigenvalue weighted by Crippen LogP contribution is 2.15. The zero-order valence-electron chi connectivity index (χ0n) is 9.97. The molecular weight excluding hydrogens is 204 g/mol. The highest BCUT2D eigenvalue weighted by Gasteiger charge is 2.19. The quantitative estimate of drug-likeness (QED) is 0.782. The molecule has 1 aromatic heterocycles. The lowest BCUT2D eigenvalue weighted by atomic mass is 9.94. The lowest BCUT2D eigenvalue weighted by Crippen LogP contribution is -2.47. The largest absolute Gasteiger partial charge is 0.324 e. The number of hydrogen-bond acceptors (Lipinski definition) is 3. The molecule has 0 saturated carbocycles. The third-order valence-electron chi connectivity index (χ3n) is 3.14. The molecule has 86 valence electrons. The van der Waals surface area contributed by atoms with E-state index >= 15 is 0 Å². The van der Waals surface area contributed by atoms with Gasteiger partial charge in [-0.05, 0) is 36.8 Å². The van der Waals surface area contributed by atoms with Crippen molar-refractivity contribution < 1.29 is 0 Å². The second-order valence-electron chi connectivity index (χ2n) is 4.20. The van der Waals surface area contributed by atoms with Crippen molar-refractivity contribution in [2.45, 2.75) is 45.7 Å². The van der Waals surface area contributed by atoms with Crippen LogP contribution in [0.4, 0.5) is 0 Å². The van der Waals surface area contributed by atoms with Crippen LogP contribution in [0.25, 0.3) is 0 Å². The van der Waals surface area contributed by atoms with E-state index in [1.807, 2.05) is 11.3 Å². The summed E-state index contributed by atoms with van der Waals surface area (Å²) in [5.41, 5.74) is 7.56. The lowest BCUT2D eigenvalue weighted by molar-refractivity contribution is 0.369. The maximum atomic E-state index is 6.21. The fraction of sp³-hybridized carbons (Fsp3) is 0.667. The average Bonchev–Trinajstić information content (AvgIpc) is 2.64. The number of nitrogens with two attached hydrogens (primary N) is 1. The Labute approximate surface area is 96.9 Å². The molecule has 0 bridgehead atoms. The Balaban J connectivity index is 2.36. The molecule has 0 radical (unpaired) electrons. The first kappa shape index (κ1) is 12.7. The SMILES string of the molecule is CCC(N)(CC)CNCc1sccc1C. The van der Waals surface area contributed by atoms with Crippen LogP contribution in [0.2, 0.25) is 0 Å². The molecule has 1 rings (SSSR count). The minimum absolute atomic E-state index is 0.0365. The first-order valence-corrected chi connectivity index (χ1v) is 6.52. The summed E-state index contributed by atoms with van der Waals surface area (Å²) in [4.78, 5) is 1.42. The summed E-state index contributed by atoms with van der Waals surface area (Å²) in [6.07, 6.45) is 2.06. The highest BCUT2D eigenvalue weighted by molar-refractivity contribution is 7.10. The molecule has 0 saturated heterocycles. The van der Waals surface area contributed by atoms with E-state index in [1.54, 1.807) is 0 Å². The van der Waals surface area contributed by atoms with Crippen molar-refractivity contribution in [3.05, 3.63) is 21.9 Å². The molecule has 0 amide bonds. The van der Waals surface area contributed by atoms with E-state index in [0.717, 1.165) is 25.9 Å². The van der Waals surface area contributed by atoms with Gasteiger partial charge in [0.05, 0.1) is 0 Å². The number of nitrogens with one attached hydrogen (secondary N) is 1. The Morgan fingerprint density at radius 3 is 2.53 bits per heavy atom. The van der Waals surface area contributed by atoms with Crippen LogP contribution in [0, 0.1) is 6.92 Å². The van der Waals surface area contributed by atoms with Crippen LogP contribution in [0.5, 0.6) is 0 Å². The molecule has 1 heterocycles. The summed E-state index contributed by atoms with van der Waals surface area (Å²) >= 11 is 1.81. The van der Waals surface area contributed by atoms with Gasteiger partial charge in [0.15, 0.2) is 0 Å². The summed E-state index contributed by atoms with van der Waals surface area (Å²) < 4.78 is 0. The van der Waals surface area contributed by atoms with E-state index in [1.165, 1.54) is 10.4 Å². The molecule has 3 N–H and O–H groups in total. The maximum absolute atomic E-state index is 6.21. The zero-order valence-corrected chi connectivity index (χ0v) is 10.8. The minimum atomic E-state index is -0.0365. The van der Waals surface area contributed by atoms with Crippen LogP contribution in [0.1, 0.15) is 37.1 Å². The predicted octanol–water partition coefficient (Wildman–Crippen LogP) is 2.66. The third-order valence-corrected chi connectivity index (χ3v) is 4.16. The van der Waals surface area contributed by atoms with Gasteiger partial charge in [-0.25, -0.2) is 0 Å². The zero-order chi connectivity index (χ0) is 11.3. The normalized spacial score (nSPS) is 12.0. The van der Waals surface area contributed by atoms with Gasteiger partial charge in [-0.1, -0.05) is 13.8 Å². The van der Waals surface area contributed by atoms with Gasteiger partial charge < -0.3 is 11.1 Å². The van der Waals surface area contributed by atoms with Crippen molar-refractivity contribution in [3.63, 3.8) is 0 Å². The van der Waals surface area contributed by atoms with Crippen LogP contribution < -0.4 is 11.1 Å².